The molecule has 2 aliphatic rings. The van der Waals surface area contributed by atoms with E-state index in [1.165, 1.54) is 18.4 Å². The van der Waals surface area contributed by atoms with Gasteiger partial charge in [-0.25, -0.2) is 0 Å². The zero-order chi connectivity index (χ0) is 12.1. The Morgan fingerprint density at radius 2 is 2.24 bits per heavy atom. The normalized spacial score (nSPS) is 26.7. The van der Waals surface area contributed by atoms with Crippen LogP contribution in [0.3, 0.4) is 0 Å². The van der Waals surface area contributed by atoms with Gasteiger partial charge in [0.25, 0.3) is 0 Å². The second-order valence-electron chi connectivity index (χ2n) is 4.88. The van der Waals surface area contributed by atoms with Crippen molar-refractivity contribution in [3.63, 3.8) is 0 Å². The minimum atomic E-state index is 0.125. The van der Waals surface area contributed by atoms with E-state index in [9.17, 15) is 0 Å². The van der Waals surface area contributed by atoms with Crippen molar-refractivity contribution >= 4 is 6.21 Å². The Labute approximate surface area is 103 Å². The topological polar surface area (TPSA) is 47.9 Å². The average Bonchev–Trinajstić information content (AvgIpc) is 2.40. The average molecular weight is 237 g/mol. The van der Waals surface area contributed by atoms with Crippen LogP contribution in [0.15, 0.2) is 16.8 Å². The maximum Gasteiger partial charge on any atom is 0.175 e. The molecule has 0 aromatic rings. The molecule has 0 aromatic carbocycles. The zero-order valence-corrected chi connectivity index (χ0v) is 10.6. The van der Waals surface area contributed by atoms with Gasteiger partial charge in [-0.2, -0.15) is 0 Å². The highest BCUT2D eigenvalue weighted by Gasteiger charge is 2.24. The van der Waals surface area contributed by atoms with Crippen LogP contribution in [0.25, 0.3) is 0 Å². The first-order chi connectivity index (χ1) is 8.33. The number of nitrogens with zero attached hydrogens (tertiary/aromatic N) is 2. The number of aliphatic hydroxyl groups excluding tert-OH is 1. The summed E-state index contributed by atoms with van der Waals surface area (Å²) < 4.78 is 0. The fourth-order valence-corrected chi connectivity index (χ4v) is 2.49. The molecule has 2 N–H and O–H groups in total. The number of piperidine rings is 1. The molecule has 0 bridgehead atoms. The quantitative estimate of drug-likeness (QED) is 0.775. The predicted octanol–water partition coefficient (Wildman–Crippen LogP) is 1.33. The van der Waals surface area contributed by atoms with Crippen molar-refractivity contribution in [3.05, 3.63) is 11.8 Å². The van der Waals surface area contributed by atoms with Crippen molar-refractivity contribution in [3.8, 4) is 0 Å². The second kappa shape index (κ2) is 6.17. The SMILES string of the molecule is CCC1=CNC(N2CCC(CCO)CC2)N=C1. The summed E-state index contributed by atoms with van der Waals surface area (Å²) in [5.41, 5.74) is 1.26. The number of hydrogen-bond acceptors (Lipinski definition) is 4. The Balaban J connectivity index is 1.79. The lowest BCUT2D eigenvalue weighted by molar-refractivity contribution is 0.111. The summed E-state index contributed by atoms with van der Waals surface area (Å²) >= 11 is 0. The van der Waals surface area contributed by atoms with Crippen molar-refractivity contribution < 1.29 is 5.11 Å². The highest BCUT2D eigenvalue weighted by Crippen LogP contribution is 2.21. The number of allylic oxidation sites excluding steroid dienone is 1. The molecule has 0 amide bonds. The van der Waals surface area contributed by atoms with E-state index < -0.39 is 0 Å². The number of aliphatic imine (C=N–C) groups is 1. The summed E-state index contributed by atoms with van der Waals surface area (Å²) in [6.45, 7) is 4.62. The van der Waals surface area contributed by atoms with Gasteiger partial charge in [0.1, 0.15) is 0 Å². The van der Waals surface area contributed by atoms with Gasteiger partial charge >= 0.3 is 0 Å². The Morgan fingerprint density at radius 3 is 2.76 bits per heavy atom. The summed E-state index contributed by atoms with van der Waals surface area (Å²) in [5.74, 6) is 0.700. The molecule has 1 atom stereocenters. The number of nitrogens with one attached hydrogen (secondary N) is 1. The van der Waals surface area contributed by atoms with Crippen molar-refractivity contribution in [1.82, 2.24) is 10.2 Å². The third kappa shape index (κ3) is 3.30. The van der Waals surface area contributed by atoms with Crippen LogP contribution in [-0.4, -0.2) is 42.2 Å². The largest absolute Gasteiger partial charge is 0.396 e. The van der Waals surface area contributed by atoms with Gasteiger partial charge in [-0.05, 0) is 37.2 Å². The molecule has 96 valence electrons. The molecule has 4 nitrogen and oxygen atoms in total. The lowest BCUT2D eigenvalue weighted by atomic mass is 9.94. The standard InChI is InChI=1S/C13H23N3O/c1-2-11-9-14-13(15-10-11)16-6-3-12(4-7-16)5-8-17/h9-10,12-14,17H,2-8H2,1H3. The number of likely N-dealkylation sites (tertiary alicyclic amines) is 1. The lowest BCUT2D eigenvalue weighted by Crippen LogP contribution is -2.47. The Morgan fingerprint density at radius 1 is 1.47 bits per heavy atom. The Hall–Kier alpha value is -0.870. The summed E-state index contributed by atoms with van der Waals surface area (Å²) in [5, 5.41) is 12.3. The van der Waals surface area contributed by atoms with Gasteiger partial charge in [-0.1, -0.05) is 6.92 Å². The Kier molecular flexibility index (Phi) is 4.57. The van der Waals surface area contributed by atoms with Crippen LogP contribution in [-0.2, 0) is 0 Å². The summed E-state index contributed by atoms with van der Waals surface area (Å²) in [6.07, 6.45) is 8.53. The molecule has 1 fully saturated rings. The van der Waals surface area contributed by atoms with Crippen LogP contribution < -0.4 is 5.32 Å². The van der Waals surface area contributed by atoms with E-state index in [1.807, 2.05) is 6.21 Å². The molecule has 0 radical (unpaired) electrons. The first-order valence-corrected chi connectivity index (χ1v) is 6.66. The molecular formula is C13H23N3O. The third-order valence-corrected chi connectivity index (χ3v) is 3.74. The molecule has 0 saturated carbocycles. The van der Waals surface area contributed by atoms with Gasteiger partial charge in [0.2, 0.25) is 0 Å². The van der Waals surface area contributed by atoms with Crippen LogP contribution in [0.4, 0.5) is 0 Å². The number of aliphatic hydroxyl groups is 1. The monoisotopic (exact) mass is 237 g/mol. The van der Waals surface area contributed by atoms with E-state index in [0.29, 0.717) is 12.5 Å². The first kappa shape index (κ1) is 12.6. The van der Waals surface area contributed by atoms with E-state index >= 15 is 0 Å². The van der Waals surface area contributed by atoms with Crippen molar-refractivity contribution in [2.45, 2.75) is 38.9 Å². The highest BCUT2D eigenvalue weighted by molar-refractivity contribution is 5.79. The number of hydrogen-bond donors (Lipinski definition) is 2. The maximum absolute atomic E-state index is 8.93. The van der Waals surface area contributed by atoms with Crippen LogP contribution in [0.1, 0.15) is 32.6 Å². The van der Waals surface area contributed by atoms with Crippen molar-refractivity contribution in [2.24, 2.45) is 10.9 Å². The summed E-state index contributed by atoms with van der Waals surface area (Å²) in [6, 6.07) is 0. The highest BCUT2D eigenvalue weighted by atomic mass is 16.3. The number of rotatable bonds is 4. The van der Waals surface area contributed by atoms with Crippen LogP contribution in [0.5, 0.6) is 0 Å². The van der Waals surface area contributed by atoms with Crippen LogP contribution in [0, 0.1) is 5.92 Å². The van der Waals surface area contributed by atoms with Gasteiger partial charge < -0.3 is 10.4 Å². The molecule has 1 saturated heterocycles. The molecule has 2 aliphatic heterocycles. The van der Waals surface area contributed by atoms with E-state index in [0.717, 1.165) is 25.9 Å². The van der Waals surface area contributed by atoms with Gasteiger partial charge in [0.05, 0.1) is 0 Å². The van der Waals surface area contributed by atoms with Gasteiger partial charge in [-0.3, -0.25) is 9.89 Å². The van der Waals surface area contributed by atoms with E-state index in [4.69, 9.17) is 5.11 Å². The molecule has 0 aliphatic carbocycles. The van der Waals surface area contributed by atoms with Gasteiger partial charge in [0, 0.05) is 32.1 Å². The third-order valence-electron chi connectivity index (χ3n) is 3.74. The lowest BCUT2D eigenvalue weighted by Gasteiger charge is -2.36. The fourth-order valence-electron chi connectivity index (χ4n) is 2.49. The van der Waals surface area contributed by atoms with Gasteiger partial charge in [0.15, 0.2) is 6.29 Å². The molecule has 0 spiro atoms. The maximum atomic E-state index is 8.93. The molecular weight excluding hydrogens is 214 g/mol. The molecule has 0 aromatic heterocycles. The van der Waals surface area contributed by atoms with Crippen LogP contribution >= 0.6 is 0 Å². The van der Waals surface area contributed by atoms with E-state index in [1.54, 1.807) is 0 Å². The summed E-state index contributed by atoms with van der Waals surface area (Å²) in [4.78, 5) is 6.93. The molecule has 2 rings (SSSR count). The van der Waals surface area contributed by atoms with E-state index in [2.05, 4.69) is 28.3 Å². The molecule has 2 heterocycles. The first-order valence-electron chi connectivity index (χ1n) is 6.66. The van der Waals surface area contributed by atoms with Crippen LogP contribution in [0.2, 0.25) is 0 Å². The predicted molar refractivity (Wildman–Crippen MR) is 69.8 cm³/mol. The van der Waals surface area contributed by atoms with Crippen molar-refractivity contribution in [1.29, 1.82) is 0 Å². The van der Waals surface area contributed by atoms with Crippen molar-refractivity contribution in [2.75, 3.05) is 19.7 Å². The fraction of sp³-hybridized carbons (Fsp3) is 0.769. The minimum absolute atomic E-state index is 0.125. The summed E-state index contributed by atoms with van der Waals surface area (Å²) in [7, 11) is 0. The molecule has 1 unspecified atom stereocenters. The van der Waals surface area contributed by atoms with E-state index in [-0.39, 0.29) is 6.29 Å². The Bertz CT molecular complexity index is 293. The molecule has 4 heteroatoms. The zero-order valence-electron chi connectivity index (χ0n) is 10.6. The molecule has 17 heavy (non-hydrogen) atoms. The minimum Gasteiger partial charge on any atom is -0.396 e. The second-order valence-corrected chi connectivity index (χ2v) is 4.88. The smallest absolute Gasteiger partial charge is 0.175 e. The van der Waals surface area contributed by atoms with Gasteiger partial charge in [-0.15, -0.1) is 0 Å².